The molecule has 0 saturated carbocycles. The molecule has 3 nitrogen and oxygen atoms in total. The van der Waals surface area contributed by atoms with E-state index in [1.54, 1.807) is 18.2 Å². The average molecular weight is 163 g/mol. The highest BCUT2D eigenvalue weighted by atomic mass is 16.4. The molecule has 0 aromatic carbocycles. The van der Waals surface area contributed by atoms with E-state index in [9.17, 15) is 4.79 Å². The van der Waals surface area contributed by atoms with Crippen molar-refractivity contribution in [2.45, 2.75) is 0 Å². The van der Waals surface area contributed by atoms with Crippen molar-refractivity contribution in [1.29, 1.82) is 0 Å². The maximum atomic E-state index is 10.1. The second-order valence-electron chi connectivity index (χ2n) is 2.15. The first-order valence-corrected chi connectivity index (χ1v) is 3.31. The van der Waals surface area contributed by atoms with Crippen molar-refractivity contribution in [3.05, 3.63) is 47.8 Å². The predicted octanol–water partition coefficient (Wildman–Crippen LogP) is 1.37. The number of carbonyl (C=O) groups is 1. The summed E-state index contributed by atoms with van der Waals surface area (Å²) in [6.07, 6.45) is 9.63. The molecular formula is C9H7O3+. The predicted molar refractivity (Wildman–Crippen MR) is 43.4 cm³/mol. The Morgan fingerprint density at radius 3 is 2.92 bits per heavy atom. The lowest BCUT2D eigenvalue weighted by Gasteiger charge is -1.90. The topological polar surface area (TPSA) is 57.5 Å². The SMILES string of the molecule is O=C(O)/C=C/C1=CC=C[C+]=C1O. The van der Waals surface area contributed by atoms with Crippen molar-refractivity contribution < 1.29 is 15.0 Å². The van der Waals surface area contributed by atoms with E-state index in [1.807, 2.05) is 0 Å². The van der Waals surface area contributed by atoms with E-state index in [0.717, 1.165) is 6.08 Å². The zero-order valence-corrected chi connectivity index (χ0v) is 6.19. The molecule has 0 heterocycles. The zero-order valence-electron chi connectivity index (χ0n) is 6.19. The number of hydrogen-bond acceptors (Lipinski definition) is 2. The fraction of sp³-hybridized carbons (Fsp3) is 0. The molecule has 0 saturated heterocycles. The van der Waals surface area contributed by atoms with E-state index in [0.29, 0.717) is 5.57 Å². The van der Waals surface area contributed by atoms with Crippen molar-refractivity contribution in [1.82, 2.24) is 0 Å². The highest BCUT2D eigenvalue weighted by Gasteiger charge is 2.11. The maximum Gasteiger partial charge on any atom is 0.329 e. The molecular weight excluding hydrogens is 156 g/mol. The van der Waals surface area contributed by atoms with Crippen LogP contribution in [0.1, 0.15) is 0 Å². The average Bonchev–Trinajstić information content (AvgIpc) is 2.03. The minimum atomic E-state index is -1.04. The van der Waals surface area contributed by atoms with Crippen molar-refractivity contribution in [2.24, 2.45) is 0 Å². The van der Waals surface area contributed by atoms with Gasteiger partial charge in [0.2, 0.25) is 0 Å². The second kappa shape index (κ2) is 3.51. The summed E-state index contributed by atoms with van der Waals surface area (Å²) in [7, 11) is 0. The lowest BCUT2D eigenvalue weighted by molar-refractivity contribution is -0.131. The van der Waals surface area contributed by atoms with Crippen LogP contribution in [0.15, 0.2) is 41.7 Å². The Balaban J connectivity index is 2.78. The van der Waals surface area contributed by atoms with Gasteiger partial charge in [-0.1, -0.05) is 0 Å². The van der Waals surface area contributed by atoms with Crippen molar-refractivity contribution in [3.63, 3.8) is 0 Å². The van der Waals surface area contributed by atoms with Crippen LogP contribution in [0.5, 0.6) is 0 Å². The summed E-state index contributed by atoms with van der Waals surface area (Å²) < 4.78 is 0. The molecule has 1 aliphatic carbocycles. The van der Waals surface area contributed by atoms with Crippen LogP contribution in [-0.4, -0.2) is 16.2 Å². The van der Waals surface area contributed by atoms with Gasteiger partial charge in [0.15, 0.2) is 0 Å². The first-order chi connectivity index (χ1) is 5.70. The molecule has 60 valence electrons. The summed E-state index contributed by atoms with van der Waals surface area (Å²) >= 11 is 0. The molecule has 0 atom stereocenters. The van der Waals surface area contributed by atoms with E-state index < -0.39 is 5.97 Å². The van der Waals surface area contributed by atoms with E-state index in [-0.39, 0.29) is 5.76 Å². The van der Waals surface area contributed by atoms with Crippen LogP contribution >= 0.6 is 0 Å². The Bertz CT molecular complexity index is 306. The van der Waals surface area contributed by atoms with Crippen molar-refractivity contribution >= 4 is 5.97 Å². The standard InChI is InChI=1S/C9H6O3/c10-8-4-2-1-3-7(8)5-6-9(11)12/h1-3,5-6H,(H-,10,11,12)/p+1/b6-5+. The van der Waals surface area contributed by atoms with Crippen LogP contribution in [0.2, 0.25) is 0 Å². The number of carboxylic acid groups (broad SMARTS) is 1. The maximum absolute atomic E-state index is 10.1. The molecule has 12 heavy (non-hydrogen) atoms. The number of hydrogen-bond donors (Lipinski definition) is 2. The first kappa shape index (κ1) is 8.24. The largest absolute Gasteiger partial charge is 0.480 e. The van der Waals surface area contributed by atoms with Gasteiger partial charge in [0.1, 0.15) is 11.6 Å². The molecule has 1 aliphatic rings. The summed E-state index contributed by atoms with van der Waals surface area (Å²) in [6.45, 7) is 0. The molecule has 0 bridgehead atoms. The molecule has 0 radical (unpaired) electrons. The monoisotopic (exact) mass is 163 g/mol. The van der Waals surface area contributed by atoms with Crippen LogP contribution in [0.4, 0.5) is 0 Å². The number of aliphatic carboxylic acids is 1. The molecule has 0 aliphatic heterocycles. The number of aliphatic hydroxyl groups is 1. The van der Waals surface area contributed by atoms with Crippen LogP contribution < -0.4 is 0 Å². The Morgan fingerprint density at radius 1 is 1.58 bits per heavy atom. The fourth-order valence-electron chi connectivity index (χ4n) is 0.737. The summed E-state index contributed by atoms with van der Waals surface area (Å²) in [4.78, 5) is 10.1. The number of carboxylic acids is 1. The van der Waals surface area contributed by atoms with Crippen LogP contribution in [0.3, 0.4) is 0 Å². The lowest BCUT2D eigenvalue weighted by atomic mass is 10.1. The van der Waals surface area contributed by atoms with Gasteiger partial charge in [0, 0.05) is 18.2 Å². The van der Waals surface area contributed by atoms with Gasteiger partial charge in [-0.2, -0.15) is 0 Å². The molecule has 0 aromatic rings. The first-order valence-electron chi connectivity index (χ1n) is 3.31. The van der Waals surface area contributed by atoms with E-state index in [4.69, 9.17) is 10.2 Å². The quantitative estimate of drug-likeness (QED) is 0.477. The van der Waals surface area contributed by atoms with E-state index >= 15 is 0 Å². The summed E-state index contributed by atoms with van der Waals surface area (Å²) in [6, 6.07) is 0. The Hall–Kier alpha value is -1.86. The van der Waals surface area contributed by atoms with Gasteiger partial charge in [0.25, 0.3) is 5.76 Å². The van der Waals surface area contributed by atoms with E-state index in [1.165, 1.54) is 6.08 Å². The molecule has 0 aromatic heterocycles. The number of rotatable bonds is 2. The fourth-order valence-corrected chi connectivity index (χ4v) is 0.737. The highest BCUT2D eigenvalue weighted by Crippen LogP contribution is 2.11. The number of allylic oxidation sites excluding steroid dienone is 5. The van der Waals surface area contributed by atoms with Gasteiger partial charge >= 0.3 is 5.97 Å². The third-order valence-corrected chi connectivity index (χ3v) is 1.27. The lowest BCUT2D eigenvalue weighted by Crippen LogP contribution is -1.91. The molecule has 0 unspecified atom stereocenters. The minimum Gasteiger partial charge on any atom is -0.480 e. The Kier molecular flexibility index (Phi) is 2.41. The Morgan fingerprint density at radius 2 is 2.33 bits per heavy atom. The summed E-state index contributed by atoms with van der Waals surface area (Å²) in [5, 5.41) is 17.4. The zero-order chi connectivity index (χ0) is 8.97. The summed E-state index contributed by atoms with van der Waals surface area (Å²) in [5.74, 6) is -1.09. The van der Waals surface area contributed by atoms with Crippen LogP contribution in [0, 0.1) is 6.08 Å². The van der Waals surface area contributed by atoms with Crippen molar-refractivity contribution in [2.75, 3.05) is 0 Å². The number of aliphatic hydroxyl groups excluding tert-OH is 1. The molecule has 0 fully saturated rings. The van der Waals surface area contributed by atoms with Gasteiger partial charge in [-0.25, -0.2) is 4.79 Å². The van der Waals surface area contributed by atoms with Gasteiger partial charge in [-0.15, -0.1) is 0 Å². The van der Waals surface area contributed by atoms with Gasteiger partial charge < -0.3 is 10.2 Å². The normalized spacial score (nSPS) is 15.3. The van der Waals surface area contributed by atoms with Gasteiger partial charge in [0.05, 0.1) is 12.2 Å². The van der Waals surface area contributed by atoms with Crippen LogP contribution in [-0.2, 0) is 4.79 Å². The molecule has 1 rings (SSSR count). The molecule has 0 spiro atoms. The van der Waals surface area contributed by atoms with Gasteiger partial charge in [-0.3, -0.25) is 0 Å². The van der Waals surface area contributed by atoms with Crippen molar-refractivity contribution in [3.8, 4) is 0 Å². The van der Waals surface area contributed by atoms with Crippen LogP contribution in [0.25, 0.3) is 0 Å². The summed E-state index contributed by atoms with van der Waals surface area (Å²) in [5.41, 5.74) is 0.444. The molecule has 0 amide bonds. The smallest absolute Gasteiger partial charge is 0.329 e. The molecule has 2 N–H and O–H groups in total. The Labute approximate surface area is 69.6 Å². The van der Waals surface area contributed by atoms with Gasteiger partial charge in [-0.05, 0) is 0 Å². The second-order valence-corrected chi connectivity index (χ2v) is 2.15. The minimum absolute atomic E-state index is 0.0463. The highest BCUT2D eigenvalue weighted by molar-refractivity contribution is 5.80. The van der Waals surface area contributed by atoms with E-state index in [2.05, 4.69) is 6.08 Å². The third-order valence-electron chi connectivity index (χ3n) is 1.27. The molecule has 3 heteroatoms. The third kappa shape index (κ3) is 2.08.